The molecule has 0 amide bonds. The maximum Gasteiger partial charge on any atom is 0.0422 e. The molecule has 49 heavy (non-hydrogen) atoms. The number of hydrogen-bond donors (Lipinski definition) is 1. The third-order valence-corrected chi connectivity index (χ3v) is 9.44. The Balaban J connectivity index is 1.30. The van der Waals surface area contributed by atoms with Crippen LogP contribution in [0.5, 0.6) is 0 Å². The Morgan fingerprint density at radius 1 is 0.429 bits per heavy atom. The van der Waals surface area contributed by atoms with E-state index in [9.17, 15) is 0 Å². The van der Waals surface area contributed by atoms with Crippen LogP contribution < -0.4 is 15.1 Å². The van der Waals surface area contributed by atoms with Crippen LogP contribution in [0.3, 0.4) is 0 Å². The van der Waals surface area contributed by atoms with Crippen LogP contribution in [0.25, 0.3) is 10.8 Å². The summed E-state index contributed by atoms with van der Waals surface area (Å²) in [6, 6.07) is 63.7. The number of hydrogen-bond acceptors (Lipinski definition) is 3. The number of nitrogens with one attached hydrogen (secondary N) is 1. The number of nitrogens with zero attached hydrogens (tertiary/aromatic N) is 2. The van der Waals surface area contributed by atoms with Crippen LogP contribution in [0.15, 0.2) is 176 Å². The predicted octanol–water partition coefficient (Wildman–Crippen LogP) is 11.9. The van der Waals surface area contributed by atoms with E-state index in [1.54, 1.807) is 0 Å². The summed E-state index contributed by atoms with van der Waals surface area (Å²) in [5.74, 6) is 0.0507. The summed E-state index contributed by atoms with van der Waals surface area (Å²) in [7, 11) is 0. The molecule has 3 nitrogen and oxygen atoms in total. The van der Waals surface area contributed by atoms with Crippen molar-refractivity contribution in [1.82, 2.24) is 0 Å². The first-order valence-electron chi connectivity index (χ1n) is 17.4. The lowest BCUT2D eigenvalue weighted by Gasteiger charge is -2.27. The Kier molecular flexibility index (Phi) is 9.70. The van der Waals surface area contributed by atoms with Crippen molar-refractivity contribution in [2.45, 2.75) is 26.3 Å². The molecule has 0 fully saturated rings. The Hall–Kier alpha value is -5.80. The number of fused-ring (bicyclic) bond motifs is 1. The molecular weight excluding hydrogens is 595 g/mol. The SMILES string of the molecule is CCN(c1ccccc1)c1ccc(C(c2ccc(N(CC)c3ccccc3)cc2)c2ccc(NCc3ccccc3)c3ccccc23)cc1. The molecule has 0 heterocycles. The molecule has 3 heteroatoms. The Bertz CT molecular complexity index is 1980. The van der Waals surface area contributed by atoms with Gasteiger partial charge in [0, 0.05) is 59.4 Å². The van der Waals surface area contributed by atoms with E-state index in [0.29, 0.717) is 0 Å². The van der Waals surface area contributed by atoms with Crippen molar-refractivity contribution in [3.05, 3.63) is 198 Å². The van der Waals surface area contributed by atoms with E-state index in [-0.39, 0.29) is 5.92 Å². The lowest BCUT2D eigenvalue weighted by atomic mass is 9.82. The second kappa shape index (κ2) is 15.0. The van der Waals surface area contributed by atoms with Gasteiger partial charge in [-0.25, -0.2) is 0 Å². The molecule has 0 saturated heterocycles. The van der Waals surface area contributed by atoms with Gasteiger partial charge in [0.1, 0.15) is 0 Å². The van der Waals surface area contributed by atoms with Crippen molar-refractivity contribution in [3.63, 3.8) is 0 Å². The molecule has 1 N–H and O–H groups in total. The first kappa shape index (κ1) is 31.8. The number of rotatable bonds is 12. The van der Waals surface area contributed by atoms with E-state index in [1.807, 2.05) is 0 Å². The van der Waals surface area contributed by atoms with Gasteiger partial charge < -0.3 is 15.1 Å². The topological polar surface area (TPSA) is 18.5 Å². The van der Waals surface area contributed by atoms with E-state index in [0.717, 1.165) is 25.3 Å². The molecule has 0 atom stereocenters. The van der Waals surface area contributed by atoms with Crippen LogP contribution in [0.2, 0.25) is 0 Å². The van der Waals surface area contributed by atoms with Crippen LogP contribution >= 0.6 is 0 Å². The predicted molar refractivity (Wildman–Crippen MR) is 210 cm³/mol. The Morgan fingerprint density at radius 2 is 0.857 bits per heavy atom. The lowest BCUT2D eigenvalue weighted by Crippen LogP contribution is -2.16. The molecule has 7 aromatic rings. The first-order chi connectivity index (χ1) is 24.2. The number of anilines is 5. The van der Waals surface area contributed by atoms with E-state index in [2.05, 4.69) is 205 Å². The van der Waals surface area contributed by atoms with Crippen LogP contribution in [-0.2, 0) is 6.54 Å². The first-order valence-corrected chi connectivity index (χ1v) is 17.4. The summed E-state index contributed by atoms with van der Waals surface area (Å²) in [6.45, 7) is 6.98. The van der Waals surface area contributed by atoms with Gasteiger partial charge in [0.2, 0.25) is 0 Å². The van der Waals surface area contributed by atoms with E-state index < -0.39 is 0 Å². The van der Waals surface area contributed by atoms with Gasteiger partial charge in [-0.15, -0.1) is 0 Å². The van der Waals surface area contributed by atoms with Crippen LogP contribution in [0.1, 0.15) is 42.0 Å². The molecule has 242 valence electrons. The van der Waals surface area contributed by atoms with Crippen molar-refractivity contribution in [3.8, 4) is 0 Å². The molecular formula is C46H43N3. The van der Waals surface area contributed by atoms with Gasteiger partial charge in [-0.2, -0.15) is 0 Å². The molecule has 0 spiro atoms. The summed E-state index contributed by atoms with van der Waals surface area (Å²) >= 11 is 0. The monoisotopic (exact) mass is 637 g/mol. The fourth-order valence-corrected chi connectivity index (χ4v) is 7.01. The normalized spacial score (nSPS) is 11.1. The highest BCUT2D eigenvalue weighted by Gasteiger charge is 2.21. The quantitative estimate of drug-likeness (QED) is 0.135. The molecule has 7 rings (SSSR count). The average molecular weight is 638 g/mol. The zero-order chi connectivity index (χ0) is 33.4. The van der Waals surface area contributed by atoms with Crippen LogP contribution in [0.4, 0.5) is 28.4 Å². The Morgan fingerprint density at radius 3 is 1.35 bits per heavy atom. The second-order valence-electron chi connectivity index (χ2n) is 12.4. The molecule has 0 aliphatic heterocycles. The maximum atomic E-state index is 3.72. The molecule has 0 radical (unpaired) electrons. The van der Waals surface area contributed by atoms with E-state index >= 15 is 0 Å². The van der Waals surface area contributed by atoms with Gasteiger partial charge in [0.05, 0.1) is 0 Å². The molecule has 0 bridgehead atoms. The maximum absolute atomic E-state index is 3.72. The molecule has 0 aromatic heterocycles. The van der Waals surface area contributed by atoms with Crippen LogP contribution in [-0.4, -0.2) is 13.1 Å². The Labute approximate surface area is 291 Å². The highest BCUT2D eigenvalue weighted by molar-refractivity contribution is 5.97. The third kappa shape index (κ3) is 6.93. The summed E-state index contributed by atoms with van der Waals surface area (Å²) in [4.78, 5) is 4.72. The van der Waals surface area contributed by atoms with Gasteiger partial charge in [-0.3, -0.25) is 0 Å². The van der Waals surface area contributed by atoms with Crippen molar-refractivity contribution in [2.24, 2.45) is 0 Å². The zero-order valence-corrected chi connectivity index (χ0v) is 28.3. The van der Waals surface area contributed by atoms with Gasteiger partial charge in [-0.05, 0) is 96.1 Å². The minimum atomic E-state index is 0.0507. The van der Waals surface area contributed by atoms with Gasteiger partial charge in [0.15, 0.2) is 0 Å². The molecule has 0 aliphatic rings. The highest BCUT2D eigenvalue weighted by atomic mass is 15.1. The van der Waals surface area contributed by atoms with Gasteiger partial charge in [0.25, 0.3) is 0 Å². The molecule has 7 aromatic carbocycles. The number of para-hydroxylation sites is 2. The van der Waals surface area contributed by atoms with Gasteiger partial charge >= 0.3 is 0 Å². The smallest absolute Gasteiger partial charge is 0.0422 e. The third-order valence-electron chi connectivity index (χ3n) is 9.44. The fraction of sp³-hybridized carbons (Fsp3) is 0.130. The second-order valence-corrected chi connectivity index (χ2v) is 12.4. The average Bonchev–Trinajstić information content (AvgIpc) is 3.17. The minimum absolute atomic E-state index is 0.0507. The van der Waals surface area contributed by atoms with Gasteiger partial charge in [-0.1, -0.05) is 121 Å². The molecule has 0 saturated carbocycles. The van der Waals surface area contributed by atoms with Crippen LogP contribution in [0, 0.1) is 0 Å². The minimum Gasteiger partial charge on any atom is -0.380 e. The summed E-state index contributed by atoms with van der Waals surface area (Å²) in [6.07, 6.45) is 0. The van der Waals surface area contributed by atoms with Crippen molar-refractivity contribution >= 4 is 39.2 Å². The number of benzene rings is 7. The van der Waals surface area contributed by atoms with Crippen molar-refractivity contribution in [2.75, 3.05) is 28.2 Å². The standard InChI is InChI=1S/C46H43N3/c1-3-48(38-18-10-6-11-19-38)40-28-24-36(25-29-40)46(37-26-30-41(31-27-37)49(4-2)39-20-12-7-13-21-39)44-32-33-45(43-23-15-14-22-42(43)44)47-34-35-16-8-5-9-17-35/h5-33,46-47H,3-4,34H2,1-2H3. The van der Waals surface area contributed by atoms with Crippen molar-refractivity contribution in [1.29, 1.82) is 0 Å². The van der Waals surface area contributed by atoms with E-state index in [1.165, 1.54) is 55.8 Å². The summed E-state index contributed by atoms with van der Waals surface area (Å²) in [5, 5.41) is 6.22. The zero-order valence-electron chi connectivity index (χ0n) is 28.3. The molecule has 0 aliphatic carbocycles. The fourth-order valence-electron chi connectivity index (χ4n) is 7.01. The van der Waals surface area contributed by atoms with Crippen molar-refractivity contribution < 1.29 is 0 Å². The summed E-state index contributed by atoms with van der Waals surface area (Å²) in [5.41, 5.74) is 11.0. The van der Waals surface area contributed by atoms with E-state index in [4.69, 9.17) is 0 Å². The summed E-state index contributed by atoms with van der Waals surface area (Å²) < 4.78 is 0. The molecule has 0 unspecified atom stereocenters. The highest BCUT2D eigenvalue weighted by Crippen LogP contribution is 2.40. The largest absolute Gasteiger partial charge is 0.380 e. The lowest BCUT2D eigenvalue weighted by molar-refractivity contribution is 0.975.